The van der Waals surface area contributed by atoms with E-state index < -0.39 is 12.0 Å². The summed E-state index contributed by atoms with van der Waals surface area (Å²) in [7, 11) is 1.31. The predicted octanol–water partition coefficient (Wildman–Crippen LogP) is 2.92. The van der Waals surface area contributed by atoms with Gasteiger partial charge in [0.15, 0.2) is 6.04 Å². The number of ether oxygens (including phenoxy) is 1. The fourth-order valence-corrected chi connectivity index (χ4v) is 2.37. The van der Waals surface area contributed by atoms with Crippen molar-refractivity contribution < 1.29 is 13.9 Å². The molecule has 0 radical (unpaired) electrons. The monoisotopic (exact) mass is 280 g/mol. The Morgan fingerprint density at radius 3 is 2.84 bits per heavy atom. The molecule has 100 valence electrons. The van der Waals surface area contributed by atoms with E-state index in [2.05, 4.69) is 10.3 Å². The third-order valence-corrected chi connectivity index (χ3v) is 3.37. The van der Waals surface area contributed by atoms with Gasteiger partial charge in [0.25, 0.3) is 0 Å². The van der Waals surface area contributed by atoms with Gasteiger partial charge < -0.3 is 10.1 Å². The number of carbonyl (C=O) groups is 1. The van der Waals surface area contributed by atoms with Crippen molar-refractivity contribution in [2.75, 3.05) is 12.4 Å². The molecule has 2 rings (SSSR count). The zero-order valence-electron chi connectivity index (χ0n) is 10.5. The van der Waals surface area contributed by atoms with Gasteiger partial charge >= 0.3 is 5.97 Å². The van der Waals surface area contributed by atoms with Crippen LogP contribution in [0.4, 0.5) is 10.1 Å². The molecule has 4 nitrogen and oxygen atoms in total. The van der Waals surface area contributed by atoms with Crippen molar-refractivity contribution in [2.45, 2.75) is 13.0 Å². The van der Waals surface area contributed by atoms with Crippen LogP contribution in [-0.4, -0.2) is 18.1 Å². The Bertz CT molecular complexity index is 552. The molecule has 1 aromatic carbocycles. The smallest absolute Gasteiger partial charge is 0.333 e. The maximum absolute atomic E-state index is 13.3. The molecule has 0 aliphatic heterocycles. The summed E-state index contributed by atoms with van der Waals surface area (Å²) < 4.78 is 18.1. The molecular formula is C13H13FN2O2S. The topological polar surface area (TPSA) is 51.2 Å². The van der Waals surface area contributed by atoms with Crippen molar-refractivity contribution in [1.82, 2.24) is 4.98 Å². The molecule has 1 unspecified atom stereocenters. The Hall–Kier alpha value is -1.95. The molecule has 0 spiro atoms. The van der Waals surface area contributed by atoms with Gasteiger partial charge in [0.2, 0.25) is 0 Å². The molecule has 1 N–H and O–H groups in total. The number of methoxy groups -OCH3 is 1. The van der Waals surface area contributed by atoms with E-state index in [-0.39, 0.29) is 5.82 Å². The Balaban J connectivity index is 2.28. The summed E-state index contributed by atoms with van der Waals surface area (Å²) in [6.45, 7) is 1.79. The van der Waals surface area contributed by atoms with Gasteiger partial charge in [0.05, 0.1) is 17.5 Å². The van der Waals surface area contributed by atoms with Gasteiger partial charge in [0, 0.05) is 11.9 Å². The van der Waals surface area contributed by atoms with Gasteiger partial charge in [-0.15, -0.1) is 11.3 Å². The van der Waals surface area contributed by atoms with Crippen molar-refractivity contribution >= 4 is 23.0 Å². The largest absolute Gasteiger partial charge is 0.467 e. The number of esters is 1. The maximum Gasteiger partial charge on any atom is 0.333 e. The highest BCUT2D eigenvalue weighted by atomic mass is 32.1. The molecular weight excluding hydrogens is 267 g/mol. The second-order valence-corrected chi connectivity index (χ2v) is 4.94. The average molecular weight is 280 g/mol. The highest BCUT2D eigenvalue weighted by molar-refractivity contribution is 7.09. The van der Waals surface area contributed by atoms with Crippen LogP contribution in [0.25, 0.3) is 0 Å². The van der Waals surface area contributed by atoms with Gasteiger partial charge in [-0.1, -0.05) is 0 Å². The standard InChI is InChI=1S/C13H13FN2O2S/c1-8-3-9(14)5-10(4-8)16-12(13(17)18-2)11-6-15-7-19-11/h3-7,12,16H,1-2H3. The number of aryl methyl sites for hydroxylation is 1. The minimum atomic E-state index is -0.682. The highest BCUT2D eigenvalue weighted by Gasteiger charge is 2.23. The van der Waals surface area contributed by atoms with Crippen LogP contribution >= 0.6 is 11.3 Å². The molecule has 1 aromatic heterocycles. The first kappa shape index (κ1) is 13.5. The molecule has 0 aliphatic carbocycles. The molecule has 0 saturated heterocycles. The van der Waals surface area contributed by atoms with Gasteiger partial charge in [-0.3, -0.25) is 4.98 Å². The van der Waals surface area contributed by atoms with Crippen molar-refractivity contribution in [3.8, 4) is 0 Å². The van der Waals surface area contributed by atoms with Crippen LogP contribution in [0.15, 0.2) is 29.9 Å². The van der Waals surface area contributed by atoms with Crippen LogP contribution < -0.4 is 5.32 Å². The van der Waals surface area contributed by atoms with E-state index in [0.29, 0.717) is 10.6 Å². The number of rotatable bonds is 4. The molecule has 0 fully saturated rings. The van der Waals surface area contributed by atoms with Gasteiger partial charge in [-0.05, 0) is 30.7 Å². The summed E-state index contributed by atoms with van der Waals surface area (Å²) in [5.74, 6) is -0.790. The zero-order valence-corrected chi connectivity index (χ0v) is 11.3. The lowest BCUT2D eigenvalue weighted by Crippen LogP contribution is -2.21. The van der Waals surface area contributed by atoms with E-state index in [1.165, 1.54) is 30.6 Å². The third kappa shape index (κ3) is 3.29. The quantitative estimate of drug-likeness (QED) is 0.875. The zero-order chi connectivity index (χ0) is 13.8. The van der Waals surface area contributed by atoms with Gasteiger partial charge in [0.1, 0.15) is 5.82 Å². The van der Waals surface area contributed by atoms with E-state index in [9.17, 15) is 9.18 Å². The Kier molecular flexibility index (Phi) is 4.11. The third-order valence-electron chi connectivity index (χ3n) is 2.53. The number of halogens is 1. The Morgan fingerprint density at radius 1 is 1.47 bits per heavy atom. The van der Waals surface area contributed by atoms with Crippen molar-refractivity contribution in [3.63, 3.8) is 0 Å². The molecule has 19 heavy (non-hydrogen) atoms. The van der Waals surface area contributed by atoms with Crippen LogP contribution in [0, 0.1) is 12.7 Å². The Labute approximate surface area is 114 Å². The normalized spacial score (nSPS) is 11.9. The van der Waals surface area contributed by atoms with Gasteiger partial charge in [-0.2, -0.15) is 0 Å². The highest BCUT2D eigenvalue weighted by Crippen LogP contribution is 2.24. The predicted molar refractivity (Wildman–Crippen MR) is 71.6 cm³/mol. The average Bonchev–Trinajstić information content (AvgIpc) is 2.87. The lowest BCUT2D eigenvalue weighted by atomic mass is 10.2. The first-order valence-electron chi connectivity index (χ1n) is 5.60. The number of anilines is 1. The van der Waals surface area contributed by atoms with E-state index in [1.54, 1.807) is 24.7 Å². The van der Waals surface area contributed by atoms with Crippen LogP contribution in [0.2, 0.25) is 0 Å². The number of hydrogen-bond acceptors (Lipinski definition) is 5. The fourth-order valence-electron chi connectivity index (χ4n) is 1.72. The summed E-state index contributed by atoms with van der Waals surface area (Å²) in [6.07, 6.45) is 1.59. The van der Waals surface area contributed by atoms with Crippen molar-refractivity contribution in [3.05, 3.63) is 46.2 Å². The number of thiazole rings is 1. The lowest BCUT2D eigenvalue weighted by Gasteiger charge is -2.16. The molecule has 6 heteroatoms. The minimum Gasteiger partial charge on any atom is -0.467 e. The van der Waals surface area contributed by atoms with Crippen molar-refractivity contribution in [1.29, 1.82) is 0 Å². The molecule has 1 atom stereocenters. The number of nitrogens with zero attached hydrogens (tertiary/aromatic N) is 1. The van der Waals surface area contributed by atoms with Crippen LogP contribution in [0.1, 0.15) is 16.5 Å². The SMILES string of the molecule is COC(=O)C(Nc1cc(C)cc(F)c1)c1cncs1. The summed E-state index contributed by atoms with van der Waals surface area (Å²) in [4.78, 5) is 16.4. The molecule has 0 amide bonds. The number of hydrogen-bond donors (Lipinski definition) is 1. The van der Waals surface area contributed by atoms with E-state index in [1.807, 2.05) is 0 Å². The van der Waals surface area contributed by atoms with Crippen LogP contribution in [0.3, 0.4) is 0 Å². The van der Waals surface area contributed by atoms with E-state index in [0.717, 1.165) is 5.56 Å². The summed E-state index contributed by atoms with van der Waals surface area (Å²) in [6, 6.07) is 3.84. The Morgan fingerprint density at radius 2 is 2.26 bits per heavy atom. The second-order valence-electron chi connectivity index (χ2n) is 4.02. The van der Waals surface area contributed by atoms with E-state index >= 15 is 0 Å². The minimum absolute atomic E-state index is 0.351. The molecule has 2 aromatic rings. The number of benzene rings is 1. The van der Waals surface area contributed by atoms with Crippen LogP contribution in [-0.2, 0) is 9.53 Å². The molecule has 0 aliphatic rings. The number of carbonyl (C=O) groups excluding carboxylic acids is 1. The van der Waals surface area contributed by atoms with Crippen LogP contribution in [0.5, 0.6) is 0 Å². The molecule has 0 saturated carbocycles. The number of aromatic nitrogens is 1. The van der Waals surface area contributed by atoms with E-state index in [4.69, 9.17) is 4.74 Å². The first-order valence-corrected chi connectivity index (χ1v) is 6.48. The second kappa shape index (κ2) is 5.79. The van der Waals surface area contributed by atoms with Crippen molar-refractivity contribution in [2.24, 2.45) is 0 Å². The molecule has 1 heterocycles. The molecule has 0 bridgehead atoms. The summed E-state index contributed by atoms with van der Waals surface area (Å²) >= 11 is 1.33. The van der Waals surface area contributed by atoms with Gasteiger partial charge in [-0.25, -0.2) is 9.18 Å². The number of nitrogens with one attached hydrogen (secondary N) is 1. The maximum atomic E-state index is 13.3. The lowest BCUT2D eigenvalue weighted by molar-refractivity contribution is -0.141. The first-order chi connectivity index (χ1) is 9.10. The summed E-state index contributed by atoms with van der Waals surface area (Å²) in [5.41, 5.74) is 2.93. The summed E-state index contributed by atoms with van der Waals surface area (Å²) in [5, 5.41) is 2.97. The fraction of sp³-hybridized carbons (Fsp3) is 0.231.